The number of aliphatic hydroxyl groups excluding tert-OH is 1. The van der Waals surface area contributed by atoms with E-state index in [1.165, 1.54) is 12.1 Å². The van der Waals surface area contributed by atoms with Gasteiger partial charge in [0.2, 0.25) is 0 Å². The summed E-state index contributed by atoms with van der Waals surface area (Å²) in [6.45, 7) is 4.38. The SMILES string of the molecule is CC1(C)CCCN1C(=O)c1ccc(C#CCO)cc1F. The normalized spacial score (nSPS) is 16.7. The zero-order chi connectivity index (χ0) is 14.8. The fraction of sp³-hybridized carbons (Fsp3) is 0.438. The lowest BCUT2D eigenvalue weighted by atomic mass is 10.0. The molecule has 1 saturated heterocycles. The van der Waals surface area contributed by atoms with Gasteiger partial charge in [0.25, 0.3) is 5.91 Å². The van der Waals surface area contributed by atoms with Crippen molar-refractivity contribution in [1.82, 2.24) is 4.90 Å². The fourth-order valence-corrected chi connectivity index (χ4v) is 2.54. The number of carbonyl (C=O) groups is 1. The van der Waals surface area contributed by atoms with Crippen LogP contribution in [0.1, 0.15) is 42.6 Å². The minimum atomic E-state index is -0.567. The molecule has 1 N–H and O–H groups in total. The Morgan fingerprint density at radius 2 is 2.25 bits per heavy atom. The third-order valence-corrected chi connectivity index (χ3v) is 3.66. The first-order valence-corrected chi connectivity index (χ1v) is 6.67. The minimum absolute atomic E-state index is 0.0783. The highest BCUT2D eigenvalue weighted by molar-refractivity contribution is 5.95. The van der Waals surface area contributed by atoms with Gasteiger partial charge in [-0.2, -0.15) is 0 Å². The Morgan fingerprint density at radius 1 is 1.50 bits per heavy atom. The largest absolute Gasteiger partial charge is 0.384 e. The molecule has 0 unspecified atom stereocenters. The van der Waals surface area contributed by atoms with Gasteiger partial charge in [-0.25, -0.2) is 4.39 Å². The maximum absolute atomic E-state index is 14.1. The lowest BCUT2D eigenvalue weighted by molar-refractivity contribution is 0.0647. The molecule has 1 aliphatic rings. The van der Waals surface area contributed by atoms with Gasteiger partial charge in [-0.3, -0.25) is 4.79 Å². The van der Waals surface area contributed by atoms with Crippen LogP contribution in [0.4, 0.5) is 4.39 Å². The van der Waals surface area contributed by atoms with Crippen molar-refractivity contribution in [2.24, 2.45) is 0 Å². The van der Waals surface area contributed by atoms with E-state index in [0.717, 1.165) is 12.8 Å². The molecule has 0 aliphatic carbocycles. The van der Waals surface area contributed by atoms with Crippen LogP contribution >= 0.6 is 0 Å². The van der Waals surface area contributed by atoms with Crippen LogP contribution in [-0.4, -0.2) is 34.6 Å². The average molecular weight is 275 g/mol. The molecule has 0 saturated carbocycles. The highest BCUT2D eigenvalue weighted by atomic mass is 19.1. The topological polar surface area (TPSA) is 40.5 Å². The lowest BCUT2D eigenvalue weighted by Crippen LogP contribution is -2.42. The Hall–Kier alpha value is -1.86. The number of carbonyl (C=O) groups excluding carboxylic acids is 1. The molecule has 0 aromatic heterocycles. The van der Waals surface area contributed by atoms with Crippen molar-refractivity contribution < 1.29 is 14.3 Å². The summed E-state index contributed by atoms with van der Waals surface area (Å²) in [7, 11) is 0. The molecule has 106 valence electrons. The summed E-state index contributed by atoms with van der Waals surface area (Å²) >= 11 is 0. The number of likely N-dealkylation sites (tertiary alicyclic amines) is 1. The van der Waals surface area contributed by atoms with Crippen LogP contribution in [0.15, 0.2) is 18.2 Å². The maximum Gasteiger partial charge on any atom is 0.257 e. The van der Waals surface area contributed by atoms with E-state index >= 15 is 0 Å². The first-order valence-electron chi connectivity index (χ1n) is 6.67. The number of amides is 1. The van der Waals surface area contributed by atoms with Gasteiger partial charge in [0.15, 0.2) is 0 Å². The first-order chi connectivity index (χ1) is 9.45. The number of hydrogen-bond donors (Lipinski definition) is 1. The summed E-state index contributed by atoms with van der Waals surface area (Å²) in [4.78, 5) is 14.1. The van der Waals surface area contributed by atoms with E-state index in [1.807, 2.05) is 13.8 Å². The zero-order valence-corrected chi connectivity index (χ0v) is 11.7. The summed E-state index contributed by atoms with van der Waals surface area (Å²) < 4.78 is 14.1. The zero-order valence-electron chi connectivity index (χ0n) is 11.7. The number of rotatable bonds is 1. The van der Waals surface area contributed by atoms with Crippen LogP contribution in [0.2, 0.25) is 0 Å². The van der Waals surface area contributed by atoms with Crippen LogP contribution < -0.4 is 0 Å². The van der Waals surface area contributed by atoms with Gasteiger partial charge in [-0.05, 0) is 44.9 Å². The predicted molar refractivity (Wildman–Crippen MR) is 74.7 cm³/mol. The second kappa shape index (κ2) is 5.64. The Labute approximate surface area is 118 Å². The molecular formula is C16H18FNO2. The average Bonchev–Trinajstić information content (AvgIpc) is 2.75. The Balaban J connectivity index is 2.27. The summed E-state index contributed by atoms with van der Waals surface area (Å²) in [6, 6.07) is 4.30. The Bertz CT molecular complexity index is 584. The van der Waals surface area contributed by atoms with Crippen LogP contribution in [0.25, 0.3) is 0 Å². The first kappa shape index (κ1) is 14.5. The van der Waals surface area contributed by atoms with E-state index in [4.69, 9.17) is 5.11 Å². The van der Waals surface area contributed by atoms with E-state index in [2.05, 4.69) is 11.8 Å². The highest BCUT2D eigenvalue weighted by Gasteiger charge is 2.36. The van der Waals surface area contributed by atoms with Gasteiger partial charge < -0.3 is 10.0 Å². The van der Waals surface area contributed by atoms with Gasteiger partial charge >= 0.3 is 0 Å². The van der Waals surface area contributed by atoms with Crippen molar-refractivity contribution in [2.75, 3.05) is 13.2 Å². The molecule has 1 amide bonds. The third kappa shape index (κ3) is 2.83. The van der Waals surface area contributed by atoms with Gasteiger partial charge in [-0.15, -0.1) is 0 Å². The molecular weight excluding hydrogens is 257 g/mol. The van der Waals surface area contributed by atoms with Gasteiger partial charge in [0, 0.05) is 17.6 Å². The van der Waals surface area contributed by atoms with Gasteiger partial charge in [-0.1, -0.05) is 11.8 Å². The van der Waals surface area contributed by atoms with Crippen molar-refractivity contribution in [3.63, 3.8) is 0 Å². The molecule has 0 radical (unpaired) electrons. The molecule has 3 nitrogen and oxygen atoms in total. The summed E-state index contributed by atoms with van der Waals surface area (Å²) in [6.07, 6.45) is 1.88. The summed E-state index contributed by atoms with van der Waals surface area (Å²) in [5.41, 5.74) is 0.308. The van der Waals surface area contributed by atoms with E-state index in [-0.39, 0.29) is 23.6 Å². The van der Waals surface area contributed by atoms with Crippen LogP contribution in [0.3, 0.4) is 0 Å². The number of aliphatic hydroxyl groups is 1. The van der Waals surface area contributed by atoms with Crippen LogP contribution in [0, 0.1) is 17.7 Å². The monoisotopic (exact) mass is 275 g/mol. The number of hydrogen-bond acceptors (Lipinski definition) is 2. The Kier molecular flexibility index (Phi) is 4.10. The molecule has 4 heteroatoms. The molecule has 0 spiro atoms. The molecule has 0 bridgehead atoms. The quantitative estimate of drug-likeness (QED) is 0.798. The van der Waals surface area contributed by atoms with E-state index in [0.29, 0.717) is 12.1 Å². The maximum atomic E-state index is 14.1. The van der Waals surface area contributed by atoms with Crippen molar-refractivity contribution in [1.29, 1.82) is 0 Å². The van der Waals surface area contributed by atoms with Crippen LogP contribution in [-0.2, 0) is 0 Å². The molecule has 2 rings (SSSR count). The van der Waals surface area contributed by atoms with Crippen molar-refractivity contribution >= 4 is 5.91 Å². The Morgan fingerprint density at radius 3 is 2.80 bits per heavy atom. The van der Waals surface area contributed by atoms with E-state index < -0.39 is 5.82 Å². The predicted octanol–water partition coefficient (Wildman–Crippen LogP) is 2.18. The van der Waals surface area contributed by atoms with Crippen molar-refractivity contribution in [3.05, 3.63) is 35.1 Å². The molecule has 1 aromatic carbocycles. The van der Waals surface area contributed by atoms with Gasteiger partial charge in [0.1, 0.15) is 12.4 Å². The van der Waals surface area contributed by atoms with E-state index in [9.17, 15) is 9.18 Å². The molecule has 20 heavy (non-hydrogen) atoms. The molecule has 1 heterocycles. The number of halogens is 1. The van der Waals surface area contributed by atoms with E-state index in [1.54, 1.807) is 11.0 Å². The highest BCUT2D eigenvalue weighted by Crippen LogP contribution is 2.30. The molecule has 0 atom stereocenters. The standard InChI is InChI=1S/C16H18FNO2/c1-16(2)8-4-9-18(16)15(20)13-7-6-12(5-3-10-19)11-14(13)17/h6-7,11,19H,4,8-10H2,1-2H3. The second-order valence-corrected chi connectivity index (χ2v) is 5.53. The molecule has 1 fully saturated rings. The smallest absolute Gasteiger partial charge is 0.257 e. The summed E-state index contributed by atoms with van der Waals surface area (Å²) in [5.74, 6) is 4.24. The number of benzene rings is 1. The van der Waals surface area contributed by atoms with Crippen molar-refractivity contribution in [3.8, 4) is 11.8 Å². The van der Waals surface area contributed by atoms with Crippen molar-refractivity contribution in [2.45, 2.75) is 32.2 Å². The van der Waals surface area contributed by atoms with Gasteiger partial charge in [0.05, 0.1) is 5.56 Å². The second-order valence-electron chi connectivity index (χ2n) is 5.53. The summed E-state index contributed by atoms with van der Waals surface area (Å²) in [5, 5.41) is 8.61. The molecule has 1 aliphatic heterocycles. The van der Waals surface area contributed by atoms with Crippen LogP contribution in [0.5, 0.6) is 0 Å². The lowest BCUT2D eigenvalue weighted by Gasteiger charge is -2.31. The fourth-order valence-electron chi connectivity index (χ4n) is 2.54. The number of nitrogens with zero attached hydrogens (tertiary/aromatic N) is 1. The molecule has 1 aromatic rings. The minimum Gasteiger partial charge on any atom is -0.384 e. The third-order valence-electron chi connectivity index (χ3n) is 3.66.